The number of ether oxygens (including phenoxy) is 1. The number of amides is 2. The number of carbonyl (C=O) groups excluding carboxylic acids is 1. The second kappa shape index (κ2) is 11.6. The molecular formula is C24H33N5O4. The lowest BCUT2D eigenvalue weighted by atomic mass is 9.92. The molecule has 33 heavy (non-hydrogen) atoms. The summed E-state index contributed by atoms with van der Waals surface area (Å²) in [4.78, 5) is 34.7. The highest BCUT2D eigenvalue weighted by atomic mass is 16.5. The highest BCUT2D eigenvalue weighted by Crippen LogP contribution is 2.35. The van der Waals surface area contributed by atoms with E-state index in [0.29, 0.717) is 42.9 Å². The summed E-state index contributed by atoms with van der Waals surface area (Å²) in [7, 11) is 0. The van der Waals surface area contributed by atoms with Crippen LogP contribution in [0.25, 0.3) is 0 Å². The van der Waals surface area contributed by atoms with Gasteiger partial charge in [0.1, 0.15) is 5.82 Å². The van der Waals surface area contributed by atoms with Crippen molar-refractivity contribution in [1.29, 1.82) is 0 Å². The Hall–Kier alpha value is -3.20. The number of nitrogens with zero attached hydrogens (tertiary/aromatic N) is 3. The minimum Gasteiger partial charge on any atom is -0.481 e. The van der Waals surface area contributed by atoms with Crippen molar-refractivity contribution in [2.24, 2.45) is 0 Å². The van der Waals surface area contributed by atoms with E-state index in [9.17, 15) is 14.7 Å². The fourth-order valence-corrected chi connectivity index (χ4v) is 4.23. The number of hydrogen-bond acceptors (Lipinski definition) is 6. The van der Waals surface area contributed by atoms with Gasteiger partial charge in [-0.1, -0.05) is 13.0 Å². The Morgan fingerprint density at radius 3 is 2.48 bits per heavy atom. The molecule has 0 saturated carbocycles. The fraction of sp³-hybridized carbons (Fsp3) is 0.500. The Bertz CT molecular complexity index is 944. The third-order valence-corrected chi connectivity index (χ3v) is 5.97. The van der Waals surface area contributed by atoms with E-state index in [1.165, 1.54) is 0 Å². The first kappa shape index (κ1) is 24.4. The molecule has 2 amide bonds. The number of carboxylic acids is 1. The fourth-order valence-electron chi connectivity index (χ4n) is 4.23. The van der Waals surface area contributed by atoms with E-state index >= 15 is 0 Å². The Labute approximate surface area is 194 Å². The quantitative estimate of drug-likeness (QED) is 0.513. The number of anilines is 3. The maximum absolute atomic E-state index is 12.8. The molecule has 1 aliphatic heterocycles. The molecule has 1 fully saturated rings. The number of urea groups is 1. The van der Waals surface area contributed by atoms with Crippen molar-refractivity contribution < 1.29 is 19.4 Å². The summed E-state index contributed by atoms with van der Waals surface area (Å²) in [6.45, 7) is 8.05. The Morgan fingerprint density at radius 2 is 1.88 bits per heavy atom. The van der Waals surface area contributed by atoms with Crippen LogP contribution >= 0.6 is 0 Å². The van der Waals surface area contributed by atoms with Gasteiger partial charge in [-0.3, -0.25) is 4.79 Å². The zero-order valence-corrected chi connectivity index (χ0v) is 19.5. The molecule has 1 aromatic heterocycles. The molecule has 1 atom stereocenters. The second-order valence-electron chi connectivity index (χ2n) is 8.21. The summed E-state index contributed by atoms with van der Waals surface area (Å²) in [5, 5.41) is 15.1. The third kappa shape index (κ3) is 6.64. The lowest BCUT2D eigenvalue weighted by Gasteiger charge is -2.36. The largest absolute Gasteiger partial charge is 0.481 e. The second-order valence-corrected chi connectivity index (χ2v) is 8.21. The smallest absolute Gasteiger partial charge is 0.323 e. The van der Waals surface area contributed by atoms with E-state index in [0.717, 1.165) is 30.6 Å². The summed E-state index contributed by atoms with van der Waals surface area (Å²) in [5.41, 5.74) is 2.94. The molecule has 1 aromatic carbocycles. The van der Waals surface area contributed by atoms with Crippen molar-refractivity contribution in [3.8, 4) is 0 Å². The monoisotopic (exact) mass is 455 g/mol. The minimum atomic E-state index is -0.838. The van der Waals surface area contributed by atoms with Crippen LogP contribution in [-0.4, -0.2) is 52.9 Å². The van der Waals surface area contributed by atoms with Gasteiger partial charge < -0.3 is 25.4 Å². The molecule has 0 aliphatic carbocycles. The Balaban J connectivity index is 1.91. The van der Waals surface area contributed by atoms with Gasteiger partial charge in [0, 0.05) is 25.8 Å². The zero-order valence-electron chi connectivity index (χ0n) is 19.5. The SMILES string of the molecule is CCC(CC(=O)O)c1ccc(N(CC)C2CCOCC2)c(NC(=O)Nc2cnc(C)nc2)c1. The average molecular weight is 456 g/mol. The molecule has 0 radical (unpaired) electrons. The van der Waals surface area contributed by atoms with E-state index in [-0.39, 0.29) is 12.3 Å². The maximum Gasteiger partial charge on any atom is 0.323 e. The van der Waals surface area contributed by atoms with Gasteiger partial charge in [-0.05, 0) is 56.7 Å². The van der Waals surface area contributed by atoms with Crippen LogP contribution in [0.15, 0.2) is 30.6 Å². The number of hydrogen-bond donors (Lipinski definition) is 3. The number of nitrogens with one attached hydrogen (secondary N) is 2. The summed E-state index contributed by atoms with van der Waals surface area (Å²) >= 11 is 0. The van der Waals surface area contributed by atoms with Crippen LogP contribution in [0.3, 0.4) is 0 Å². The predicted molar refractivity (Wildman–Crippen MR) is 128 cm³/mol. The van der Waals surface area contributed by atoms with E-state index in [4.69, 9.17) is 4.74 Å². The molecule has 3 rings (SSSR count). The number of carbonyl (C=O) groups is 2. The standard InChI is InChI=1S/C24H33N5O4/c1-4-17(13-23(30)31)18-6-7-22(29(5-2)20-8-10-33-11-9-20)21(12-18)28-24(32)27-19-14-25-16(3)26-15-19/h6-7,12,14-15,17,20H,4-5,8-11,13H2,1-3H3,(H,30,31)(H2,27,28,32). The van der Waals surface area contributed by atoms with Crippen molar-refractivity contribution in [1.82, 2.24) is 9.97 Å². The highest BCUT2D eigenvalue weighted by Gasteiger charge is 2.24. The van der Waals surface area contributed by atoms with Gasteiger partial charge in [0.15, 0.2) is 0 Å². The van der Waals surface area contributed by atoms with E-state index < -0.39 is 12.0 Å². The van der Waals surface area contributed by atoms with Crippen LogP contribution in [0.2, 0.25) is 0 Å². The molecule has 9 nitrogen and oxygen atoms in total. The molecule has 2 heterocycles. The molecule has 1 aliphatic rings. The molecule has 0 bridgehead atoms. The number of benzene rings is 1. The Kier molecular flexibility index (Phi) is 8.59. The van der Waals surface area contributed by atoms with Crippen molar-refractivity contribution in [2.75, 3.05) is 35.3 Å². The molecule has 9 heteroatoms. The number of rotatable bonds is 9. The average Bonchev–Trinajstić information content (AvgIpc) is 2.81. The van der Waals surface area contributed by atoms with Gasteiger partial charge >= 0.3 is 12.0 Å². The number of aryl methyl sites for hydroxylation is 1. The van der Waals surface area contributed by atoms with Gasteiger partial charge in [-0.25, -0.2) is 14.8 Å². The van der Waals surface area contributed by atoms with E-state index in [1.54, 1.807) is 19.3 Å². The van der Waals surface area contributed by atoms with Gasteiger partial charge in [0.05, 0.1) is 35.9 Å². The Morgan fingerprint density at radius 1 is 1.18 bits per heavy atom. The number of aliphatic carboxylic acids is 1. The van der Waals surface area contributed by atoms with Crippen LogP contribution in [0.5, 0.6) is 0 Å². The van der Waals surface area contributed by atoms with Gasteiger partial charge in [0.2, 0.25) is 0 Å². The highest BCUT2D eigenvalue weighted by molar-refractivity contribution is 6.01. The van der Waals surface area contributed by atoms with Crippen LogP contribution in [0.1, 0.15) is 56.8 Å². The molecule has 2 aromatic rings. The lowest BCUT2D eigenvalue weighted by molar-refractivity contribution is -0.137. The first-order valence-electron chi connectivity index (χ1n) is 11.5. The molecule has 1 unspecified atom stereocenters. The molecule has 3 N–H and O–H groups in total. The van der Waals surface area contributed by atoms with Crippen LogP contribution in [0.4, 0.5) is 21.9 Å². The topological polar surface area (TPSA) is 117 Å². The maximum atomic E-state index is 12.8. The van der Waals surface area contributed by atoms with Gasteiger partial charge in [-0.2, -0.15) is 0 Å². The van der Waals surface area contributed by atoms with Crippen LogP contribution in [-0.2, 0) is 9.53 Å². The normalized spacial score (nSPS) is 15.0. The number of carboxylic acid groups (broad SMARTS) is 1. The lowest BCUT2D eigenvalue weighted by Crippen LogP contribution is -2.40. The van der Waals surface area contributed by atoms with Crippen molar-refractivity contribution >= 4 is 29.1 Å². The minimum absolute atomic E-state index is 0.0413. The predicted octanol–water partition coefficient (Wildman–Crippen LogP) is 4.40. The number of aromatic nitrogens is 2. The zero-order chi connectivity index (χ0) is 23.8. The summed E-state index contributed by atoms with van der Waals surface area (Å²) in [5.74, 6) is -0.353. The summed E-state index contributed by atoms with van der Waals surface area (Å²) in [6, 6.07) is 5.77. The third-order valence-electron chi connectivity index (χ3n) is 5.97. The first-order valence-corrected chi connectivity index (χ1v) is 11.5. The van der Waals surface area contributed by atoms with Gasteiger partial charge in [0.25, 0.3) is 0 Å². The summed E-state index contributed by atoms with van der Waals surface area (Å²) in [6.07, 6.45) is 5.67. The first-order chi connectivity index (χ1) is 15.9. The van der Waals surface area contributed by atoms with Crippen LogP contribution < -0.4 is 15.5 Å². The van der Waals surface area contributed by atoms with Gasteiger partial charge in [-0.15, -0.1) is 0 Å². The molecule has 1 saturated heterocycles. The van der Waals surface area contributed by atoms with E-state index in [2.05, 4.69) is 32.4 Å². The summed E-state index contributed by atoms with van der Waals surface area (Å²) < 4.78 is 5.53. The van der Waals surface area contributed by atoms with Crippen molar-refractivity contribution in [3.05, 3.63) is 42.0 Å². The molecule has 178 valence electrons. The van der Waals surface area contributed by atoms with Crippen molar-refractivity contribution in [2.45, 2.75) is 58.4 Å². The van der Waals surface area contributed by atoms with Crippen molar-refractivity contribution in [3.63, 3.8) is 0 Å². The van der Waals surface area contributed by atoms with E-state index in [1.807, 2.05) is 25.1 Å². The molecular weight excluding hydrogens is 422 g/mol. The molecule has 0 spiro atoms. The van der Waals surface area contributed by atoms with Crippen LogP contribution in [0, 0.1) is 6.92 Å².